The van der Waals surface area contributed by atoms with Gasteiger partial charge in [-0.05, 0) is 88.6 Å². The van der Waals surface area contributed by atoms with Crippen LogP contribution in [0.15, 0.2) is 75.2 Å². The van der Waals surface area contributed by atoms with Gasteiger partial charge in [0, 0.05) is 10.2 Å². The largest absolute Gasteiger partial charge is 0.497 e. The molecule has 0 saturated heterocycles. The zero-order chi connectivity index (χ0) is 24.5. The Bertz CT molecular complexity index is 1220. The summed E-state index contributed by atoms with van der Waals surface area (Å²) in [7, 11) is 1.57. The number of nitrogens with zero attached hydrogens (tertiary/aromatic N) is 1. The van der Waals surface area contributed by atoms with E-state index in [-0.39, 0.29) is 5.57 Å². The van der Waals surface area contributed by atoms with Crippen LogP contribution >= 0.6 is 31.9 Å². The topological polar surface area (TPSA) is 80.6 Å². The molecule has 0 aliphatic rings. The lowest BCUT2D eigenvalue weighted by Gasteiger charge is -2.15. The molecular weight excluding hydrogens is 564 g/mol. The van der Waals surface area contributed by atoms with Crippen LogP contribution in [-0.2, 0) is 11.4 Å². The summed E-state index contributed by atoms with van der Waals surface area (Å²) in [6, 6.07) is 20.2. The van der Waals surface area contributed by atoms with Crippen LogP contribution in [0.2, 0.25) is 0 Å². The normalized spacial score (nSPS) is 10.9. The Morgan fingerprint density at radius 1 is 1.06 bits per heavy atom. The predicted molar refractivity (Wildman–Crippen MR) is 139 cm³/mol. The van der Waals surface area contributed by atoms with Gasteiger partial charge in [-0.1, -0.05) is 28.1 Å². The summed E-state index contributed by atoms with van der Waals surface area (Å²) in [6.45, 7) is 2.66. The highest BCUT2D eigenvalue weighted by Gasteiger charge is 2.15. The third-order valence-electron chi connectivity index (χ3n) is 4.65. The Balaban J connectivity index is 1.81. The molecule has 0 atom stereocenters. The van der Waals surface area contributed by atoms with Crippen molar-refractivity contribution in [3.05, 3.63) is 86.3 Å². The quantitative estimate of drug-likeness (QED) is 0.222. The molecule has 0 bridgehead atoms. The monoisotopic (exact) mass is 584 g/mol. The van der Waals surface area contributed by atoms with Gasteiger partial charge in [-0.15, -0.1) is 0 Å². The van der Waals surface area contributed by atoms with Gasteiger partial charge < -0.3 is 19.5 Å². The number of ether oxygens (including phenoxy) is 3. The van der Waals surface area contributed by atoms with Gasteiger partial charge in [-0.2, -0.15) is 5.26 Å². The van der Waals surface area contributed by atoms with Gasteiger partial charge >= 0.3 is 0 Å². The third-order valence-corrected chi connectivity index (χ3v) is 5.77. The smallest absolute Gasteiger partial charge is 0.266 e. The lowest BCUT2D eigenvalue weighted by molar-refractivity contribution is -0.112. The lowest BCUT2D eigenvalue weighted by Crippen LogP contribution is -2.13. The van der Waals surface area contributed by atoms with E-state index >= 15 is 0 Å². The second-order valence-electron chi connectivity index (χ2n) is 7.03. The Labute approximate surface area is 215 Å². The Morgan fingerprint density at radius 3 is 2.38 bits per heavy atom. The molecule has 0 fully saturated rings. The average molecular weight is 586 g/mol. The van der Waals surface area contributed by atoms with Crippen molar-refractivity contribution in [2.24, 2.45) is 0 Å². The maximum Gasteiger partial charge on any atom is 0.266 e. The summed E-state index contributed by atoms with van der Waals surface area (Å²) in [5, 5.41) is 12.3. The highest BCUT2D eigenvalue weighted by molar-refractivity contribution is 9.10. The van der Waals surface area contributed by atoms with Crippen molar-refractivity contribution in [1.29, 1.82) is 5.26 Å². The van der Waals surface area contributed by atoms with Crippen LogP contribution in [0, 0.1) is 11.3 Å². The van der Waals surface area contributed by atoms with E-state index in [0.717, 1.165) is 10.0 Å². The minimum atomic E-state index is -0.516. The Hall–Kier alpha value is -3.28. The van der Waals surface area contributed by atoms with Crippen molar-refractivity contribution >= 4 is 49.5 Å². The molecule has 3 aromatic carbocycles. The van der Waals surface area contributed by atoms with E-state index in [4.69, 9.17) is 14.2 Å². The number of amides is 1. The fourth-order valence-electron chi connectivity index (χ4n) is 3.00. The summed E-state index contributed by atoms with van der Waals surface area (Å²) in [5.41, 5.74) is 2.13. The highest BCUT2D eigenvalue weighted by Crippen LogP contribution is 2.38. The van der Waals surface area contributed by atoms with Crippen LogP contribution in [0.4, 0.5) is 5.69 Å². The van der Waals surface area contributed by atoms with Crippen molar-refractivity contribution in [2.45, 2.75) is 13.5 Å². The molecule has 0 aliphatic heterocycles. The van der Waals surface area contributed by atoms with Crippen LogP contribution in [0.1, 0.15) is 18.1 Å². The molecule has 0 saturated carbocycles. The lowest BCUT2D eigenvalue weighted by atomic mass is 10.1. The van der Waals surface area contributed by atoms with Gasteiger partial charge in [-0.3, -0.25) is 4.79 Å². The summed E-state index contributed by atoms with van der Waals surface area (Å²) in [5.74, 6) is 1.21. The first kappa shape index (κ1) is 25.3. The van der Waals surface area contributed by atoms with Gasteiger partial charge in [0.05, 0.1) is 18.2 Å². The summed E-state index contributed by atoms with van der Waals surface area (Å²) in [4.78, 5) is 12.6. The molecule has 1 amide bonds. The molecule has 0 heterocycles. The number of nitrogens with one attached hydrogen (secondary N) is 1. The molecule has 8 heteroatoms. The predicted octanol–water partition coefficient (Wildman–Crippen LogP) is 6.74. The SMILES string of the molecule is CCOc1cc(/C=C(/C#N)C(=O)Nc2ccc(OC)cc2)cc(Br)c1OCc1ccc(Br)cc1. The Kier molecular flexibility index (Phi) is 9.14. The van der Waals surface area contributed by atoms with Crippen LogP contribution < -0.4 is 19.5 Å². The molecule has 0 aromatic heterocycles. The minimum Gasteiger partial charge on any atom is -0.497 e. The fourth-order valence-corrected chi connectivity index (χ4v) is 3.84. The number of hydrogen-bond acceptors (Lipinski definition) is 5. The average Bonchev–Trinajstić information content (AvgIpc) is 2.83. The highest BCUT2D eigenvalue weighted by atomic mass is 79.9. The molecule has 0 spiro atoms. The zero-order valence-corrected chi connectivity index (χ0v) is 21.8. The Morgan fingerprint density at radius 2 is 1.76 bits per heavy atom. The van der Waals surface area contributed by atoms with Crippen molar-refractivity contribution in [3.8, 4) is 23.3 Å². The molecule has 3 aromatic rings. The van der Waals surface area contributed by atoms with Crippen molar-refractivity contribution in [1.82, 2.24) is 0 Å². The second kappa shape index (κ2) is 12.3. The fraction of sp³-hybridized carbons (Fsp3) is 0.154. The van der Waals surface area contributed by atoms with E-state index in [1.54, 1.807) is 43.5 Å². The van der Waals surface area contributed by atoms with E-state index in [1.165, 1.54) is 6.08 Å². The van der Waals surface area contributed by atoms with Crippen molar-refractivity contribution in [2.75, 3.05) is 19.0 Å². The van der Waals surface area contributed by atoms with E-state index in [2.05, 4.69) is 37.2 Å². The molecule has 6 nitrogen and oxygen atoms in total. The number of methoxy groups -OCH3 is 1. The number of rotatable bonds is 9. The number of nitriles is 1. The second-order valence-corrected chi connectivity index (χ2v) is 8.80. The van der Waals surface area contributed by atoms with Gasteiger partial charge in [0.15, 0.2) is 11.5 Å². The van der Waals surface area contributed by atoms with E-state index in [1.807, 2.05) is 37.3 Å². The summed E-state index contributed by atoms with van der Waals surface area (Å²) >= 11 is 6.96. The van der Waals surface area contributed by atoms with Gasteiger partial charge in [0.1, 0.15) is 24.0 Å². The van der Waals surface area contributed by atoms with E-state index in [9.17, 15) is 10.1 Å². The molecule has 1 N–H and O–H groups in total. The summed E-state index contributed by atoms with van der Waals surface area (Å²) in [6.07, 6.45) is 1.50. The zero-order valence-electron chi connectivity index (χ0n) is 18.6. The molecule has 174 valence electrons. The number of anilines is 1. The third kappa shape index (κ3) is 6.86. The van der Waals surface area contributed by atoms with Gasteiger partial charge in [0.25, 0.3) is 5.91 Å². The first-order valence-electron chi connectivity index (χ1n) is 10.3. The number of carbonyl (C=O) groups excluding carboxylic acids is 1. The molecule has 0 unspecified atom stereocenters. The maximum atomic E-state index is 12.6. The van der Waals surface area contributed by atoms with Gasteiger partial charge in [0.2, 0.25) is 0 Å². The standard InChI is InChI=1S/C26H22Br2N2O4/c1-3-33-24-14-18(13-23(28)25(24)34-16-17-4-6-20(27)7-5-17)12-19(15-29)26(31)30-21-8-10-22(32-2)11-9-21/h4-14H,3,16H2,1-2H3,(H,30,31)/b19-12-. The van der Waals surface area contributed by atoms with E-state index < -0.39 is 5.91 Å². The molecule has 0 aliphatic carbocycles. The van der Waals surface area contributed by atoms with Crippen LogP contribution in [0.5, 0.6) is 17.2 Å². The first-order valence-corrected chi connectivity index (χ1v) is 11.9. The molecule has 0 radical (unpaired) electrons. The molecule has 3 rings (SSSR count). The number of carbonyl (C=O) groups is 1. The van der Waals surface area contributed by atoms with Gasteiger partial charge in [-0.25, -0.2) is 0 Å². The van der Waals surface area contributed by atoms with Crippen molar-refractivity contribution < 1.29 is 19.0 Å². The van der Waals surface area contributed by atoms with Crippen molar-refractivity contribution in [3.63, 3.8) is 0 Å². The van der Waals surface area contributed by atoms with E-state index in [0.29, 0.717) is 46.2 Å². The number of benzene rings is 3. The van der Waals surface area contributed by atoms with Crippen LogP contribution in [0.3, 0.4) is 0 Å². The minimum absolute atomic E-state index is 0.0475. The first-order chi connectivity index (χ1) is 16.4. The molecule has 34 heavy (non-hydrogen) atoms. The van der Waals surface area contributed by atoms with Crippen LogP contribution in [-0.4, -0.2) is 19.6 Å². The number of halogens is 2. The summed E-state index contributed by atoms with van der Waals surface area (Å²) < 4.78 is 18.5. The number of hydrogen-bond donors (Lipinski definition) is 1. The molecular formula is C26H22Br2N2O4. The maximum absolute atomic E-state index is 12.6. The van der Waals surface area contributed by atoms with Crippen LogP contribution in [0.25, 0.3) is 6.08 Å².